The lowest BCUT2D eigenvalue weighted by molar-refractivity contribution is -0.128. The van der Waals surface area contributed by atoms with Gasteiger partial charge in [-0.3, -0.25) is 4.79 Å². The maximum Gasteiger partial charge on any atom is 0.223 e. The van der Waals surface area contributed by atoms with Gasteiger partial charge in [-0.1, -0.05) is 6.92 Å². The Morgan fingerprint density at radius 3 is 2.38 bits per heavy atom. The van der Waals surface area contributed by atoms with Crippen molar-refractivity contribution >= 4 is 15.7 Å². The van der Waals surface area contributed by atoms with E-state index in [1.165, 1.54) is 0 Å². The van der Waals surface area contributed by atoms with Gasteiger partial charge < -0.3 is 10.2 Å². The Balaban J connectivity index is 3.45. The quantitative estimate of drug-likeness (QED) is 0.610. The number of rotatable bonds is 8. The van der Waals surface area contributed by atoms with Crippen LogP contribution in [0.25, 0.3) is 0 Å². The fourth-order valence-corrected chi connectivity index (χ4v) is 1.98. The molecule has 1 N–H and O–H groups in total. The van der Waals surface area contributed by atoms with Crippen molar-refractivity contribution in [1.29, 1.82) is 0 Å². The van der Waals surface area contributed by atoms with Crippen LogP contribution in [0.3, 0.4) is 0 Å². The molecule has 1 amide bonds. The second-order valence-corrected chi connectivity index (χ2v) is 6.35. The van der Waals surface area contributed by atoms with Gasteiger partial charge in [0.1, 0.15) is 9.84 Å². The van der Waals surface area contributed by atoms with E-state index in [-0.39, 0.29) is 17.4 Å². The van der Waals surface area contributed by atoms with Crippen LogP contribution in [0.15, 0.2) is 0 Å². The molecule has 0 aromatic carbocycles. The van der Waals surface area contributed by atoms with Gasteiger partial charge in [0, 0.05) is 32.8 Å². The van der Waals surface area contributed by atoms with E-state index in [0.29, 0.717) is 25.9 Å². The van der Waals surface area contributed by atoms with Crippen molar-refractivity contribution in [3.8, 4) is 0 Å². The average molecular weight is 250 g/mol. The smallest absolute Gasteiger partial charge is 0.223 e. The van der Waals surface area contributed by atoms with Gasteiger partial charge in [-0.2, -0.15) is 0 Å². The molecule has 0 rings (SSSR count). The van der Waals surface area contributed by atoms with Gasteiger partial charge in [0.05, 0.1) is 5.75 Å². The van der Waals surface area contributed by atoms with Crippen LogP contribution in [0.4, 0.5) is 0 Å². The zero-order valence-corrected chi connectivity index (χ0v) is 11.1. The minimum atomic E-state index is -2.85. The van der Waals surface area contributed by atoms with Crippen LogP contribution in [-0.2, 0) is 14.6 Å². The van der Waals surface area contributed by atoms with Crippen molar-refractivity contribution in [3.05, 3.63) is 0 Å². The molecule has 16 heavy (non-hydrogen) atoms. The maximum atomic E-state index is 11.2. The molecule has 0 aliphatic carbocycles. The lowest BCUT2D eigenvalue weighted by Gasteiger charge is -2.10. The Morgan fingerprint density at radius 2 is 1.88 bits per heavy atom. The summed E-state index contributed by atoms with van der Waals surface area (Å²) in [5, 5.41) is 3.06. The van der Waals surface area contributed by atoms with Crippen LogP contribution < -0.4 is 5.32 Å². The van der Waals surface area contributed by atoms with E-state index in [4.69, 9.17) is 0 Å². The lowest BCUT2D eigenvalue weighted by Crippen LogP contribution is -2.27. The summed E-state index contributed by atoms with van der Waals surface area (Å²) in [6.45, 7) is 2.89. The summed E-state index contributed by atoms with van der Waals surface area (Å²) in [7, 11) is 0.585. The number of nitrogens with zero attached hydrogens (tertiary/aromatic N) is 1. The van der Waals surface area contributed by atoms with Crippen molar-refractivity contribution in [3.63, 3.8) is 0 Å². The van der Waals surface area contributed by atoms with Crippen LogP contribution in [0.2, 0.25) is 0 Å². The second kappa shape index (κ2) is 7.62. The third kappa shape index (κ3) is 7.64. The van der Waals surface area contributed by atoms with E-state index in [1.807, 2.05) is 0 Å². The summed E-state index contributed by atoms with van der Waals surface area (Å²) >= 11 is 0. The first-order chi connectivity index (χ1) is 7.39. The summed E-state index contributed by atoms with van der Waals surface area (Å²) < 4.78 is 22.3. The van der Waals surface area contributed by atoms with E-state index in [1.54, 1.807) is 25.9 Å². The van der Waals surface area contributed by atoms with E-state index >= 15 is 0 Å². The standard InChI is InChI=1S/C10H22N2O3S/c1-4-16(14,15)9-5-7-11-8-6-10(13)12(2)3/h11H,4-9H2,1-3H3. The number of carbonyl (C=O) groups is 1. The average Bonchev–Trinajstić information content (AvgIpc) is 2.22. The number of sulfone groups is 1. The molecule has 0 bridgehead atoms. The zero-order chi connectivity index (χ0) is 12.6. The fraction of sp³-hybridized carbons (Fsp3) is 0.900. The molecule has 0 spiro atoms. The second-order valence-electron chi connectivity index (χ2n) is 3.88. The van der Waals surface area contributed by atoms with Gasteiger partial charge in [-0.15, -0.1) is 0 Å². The SMILES string of the molecule is CCS(=O)(=O)CCCNCCC(=O)N(C)C. The van der Waals surface area contributed by atoms with E-state index in [2.05, 4.69) is 5.32 Å². The molecular weight excluding hydrogens is 228 g/mol. The van der Waals surface area contributed by atoms with Gasteiger partial charge in [0.2, 0.25) is 5.91 Å². The van der Waals surface area contributed by atoms with Crippen molar-refractivity contribution in [2.24, 2.45) is 0 Å². The van der Waals surface area contributed by atoms with Crippen LogP contribution >= 0.6 is 0 Å². The largest absolute Gasteiger partial charge is 0.349 e. The number of amides is 1. The van der Waals surface area contributed by atoms with Crippen molar-refractivity contribution in [1.82, 2.24) is 10.2 Å². The summed E-state index contributed by atoms with van der Waals surface area (Å²) in [6.07, 6.45) is 1.06. The van der Waals surface area contributed by atoms with Crippen LogP contribution in [-0.4, -0.2) is 57.9 Å². The third-order valence-electron chi connectivity index (χ3n) is 2.26. The summed E-state index contributed by atoms with van der Waals surface area (Å²) in [6, 6.07) is 0. The Morgan fingerprint density at radius 1 is 1.25 bits per heavy atom. The van der Waals surface area contributed by atoms with Crippen molar-refractivity contribution < 1.29 is 13.2 Å². The zero-order valence-electron chi connectivity index (χ0n) is 10.3. The molecule has 0 heterocycles. The molecule has 0 aliphatic heterocycles. The number of carbonyl (C=O) groups excluding carboxylic acids is 1. The van der Waals surface area contributed by atoms with E-state index < -0.39 is 9.84 Å². The molecule has 0 aromatic heterocycles. The molecule has 5 nitrogen and oxygen atoms in total. The monoisotopic (exact) mass is 250 g/mol. The Bertz CT molecular complexity index is 299. The van der Waals surface area contributed by atoms with Gasteiger partial charge in [0.25, 0.3) is 0 Å². The Labute approximate surface area is 98.1 Å². The Hall–Kier alpha value is -0.620. The predicted molar refractivity (Wildman–Crippen MR) is 65.1 cm³/mol. The maximum absolute atomic E-state index is 11.2. The molecule has 6 heteroatoms. The number of hydrogen-bond acceptors (Lipinski definition) is 4. The van der Waals surface area contributed by atoms with Gasteiger partial charge in [0.15, 0.2) is 0 Å². The molecule has 0 atom stereocenters. The molecule has 0 fully saturated rings. The van der Waals surface area contributed by atoms with Crippen molar-refractivity contribution in [2.45, 2.75) is 19.8 Å². The summed E-state index contributed by atoms with van der Waals surface area (Å²) in [4.78, 5) is 12.7. The molecule has 0 aliphatic rings. The molecule has 0 aromatic rings. The van der Waals surface area contributed by atoms with E-state index in [9.17, 15) is 13.2 Å². The highest BCUT2D eigenvalue weighted by atomic mass is 32.2. The first-order valence-corrected chi connectivity index (χ1v) is 7.32. The molecule has 0 unspecified atom stereocenters. The minimum absolute atomic E-state index is 0.0775. The molecule has 0 saturated heterocycles. The number of hydrogen-bond donors (Lipinski definition) is 1. The number of nitrogens with one attached hydrogen (secondary N) is 1. The van der Waals surface area contributed by atoms with Gasteiger partial charge in [-0.05, 0) is 13.0 Å². The van der Waals surface area contributed by atoms with E-state index in [0.717, 1.165) is 0 Å². The molecular formula is C10H22N2O3S. The fourth-order valence-electron chi connectivity index (χ4n) is 1.11. The predicted octanol–water partition coefficient (Wildman–Crippen LogP) is -0.121. The van der Waals surface area contributed by atoms with Crippen LogP contribution in [0.1, 0.15) is 19.8 Å². The highest BCUT2D eigenvalue weighted by Gasteiger charge is 2.06. The highest BCUT2D eigenvalue weighted by molar-refractivity contribution is 7.91. The van der Waals surface area contributed by atoms with Crippen LogP contribution in [0.5, 0.6) is 0 Å². The Kier molecular flexibility index (Phi) is 7.33. The minimum Gasteiger partial charge on any atom is -0.349 e. The normalized spacial score (nSPS) is 11.4. The third-order valence-corrected chi connectivity index (χ3v) is 4.05. The molecule has 0 radical (unpaired) electrons. The lowest BCUT2D eigenvalue weighted by atomic mass is 10.3. The van der Waals surface area contributed by atoms with Crippen LogP contribution in [0, 0.1) is 0 Å². The molecule has 0 saturated carbocycles. The summed E-state index contributed by atoms with van der Waals surface area (Å²) in [5.74, 6) is 0.498. The first-order valence-electron chi connectivity index (χ1n) is 5.50. The van der Waals surface area contributed by atoms with Gasteiger partial charge >= 0.3 is 0 Å². The first kappa shape index (κ1) is 15.4. The van der Waals surface area contributed by atoms with Gasteiger partial charge in [-0.25, -0.2) is 8.42 Å². The topological polar surface area (TPSA) is 66.5 Å². The van der Waals surface area contributed by atoms with Crippen molar-refractivity contribution in [2.75, 3.05) is 38.7 Å². The highest BCUT2D eigenvalue weighted by Crippen LogP contribution is 1.92. The summed E-state index contributed by atoms with van der Waals surface area (Å²) in [5.41, 5.74) is 0. The molecule has 96 valence electrons.